The summed E-state index contributed by atoms with van der Waals surface area (Å²) in [5.74, 6) is 0. The van der Waals surface area contributed by atoms with Crippen molar-refractivity contribution in [1.29, 1.82) is 0 Å². The lowest BCUT2D eigenvalue weighted by Gasteiger charge is -2.13. The minimum Gasteiger partial charge on any atom is -0.352 e. The van der Waals surface area contributed by atoms with Gasteiger partial charge in [0.15, 0.2) is 6.29 Å². The molecule has 1 rings (SSSR count). The molecule has 0 spiro atoms. The number of azide groups is 1. The molecule has 8 heteroatoms. The predicted octanol–water partition coefficient (Wildman–Crippen LogP) is 2.37. The average molecular weight is 285 g/mol. The van der Waals surface area contributed by atoms with Gasteiger partial charge in [-0.05, 0) is 31.5 Å². The lowest BCUT2D eigenvalue weighted by Crippen LogP contribution is -2.19. The van der Waals surface area contributed by atoms with E-state index in [1.54, 1.807) is 12.1 Å². The fourth-order valence-corrected chi connectivity index (χ4v) is 2.26. The lowest BCUT2D eigenvalue weighted by molar-refractivity contribution is -0.0593. The van der Waals surface area contributed by atoms with Crippen LogP contribution in [0.1, 0.15) is 12.5 Å². The van der Waals surface area contributed by atoms with Crippen LogP contribution < -0.4 is 0 Å². The molecule has 0 saturated carbocycles. The normalized spacial score (nSPS) is 12.7. The Balaban J connectivity index is 2.59. The third-order valence-electron chi connectivity index (χ3n) is 2.18. The number of ether oxygens (including phenoxy) is 1. The first-order chi connectivity index (χ1) is 8.95. The number of benzene rings is 1. The standard InChI is InChI=1S/C11H15N3O4S/c1-9-3-5-11(6-4-9)19(15,16)18-10(2)17-8-7-13-14-12/h3-6,10H,7-8H2,1-2H3. The molecule has 0 fully saturated rings. The van der Waals surface area contributed by atoms with Gasteiger partial charge in [-0.2, -0.15) is 8.42 Å². The Hall–Kier alpha value is -1.60. The fourth-order valence-electron chi connectivity index (χ4n) is 1.27. The van der Waals surface area contributed by atoms with E-state index in [1.807, 2.05) is 6.92 Å². The van der Waals surface area contributed by atoms with E-state index in [0.29, 0.717) is 0 Å². The van der Waals surface area contributed by atoms with Crippen molar-refractivity contribution in [1.82, 2.24) is 0 Å². The maximum Gasteiger partial charge on any atom is 0.299 e. The molecule has 1 aromatic rings. The molecule has 19 heavy (non-hydrogen) atoms. The van der Waals surface area contributed by atoms with E-state index < -0.39 is 16.4 Å². The van der Waals surface area contributed by atoms with Crippen LogP contribution in [0.3, 0.4) is 0 Å². The molecule has 1 unspecified atom stereocenters. The quantitative estimate of drug-likeness (QED) is 0.192. The van der Waals surface area contributed by atoms with Crippen molar-refractivity contribution in [3.63, 3.8) is 0 Å². The van der Waals surface area contributed by atoms with Crippen LogP contribution in [0.4, 0.5) is 0 Å². The molecule has 0 radical (unpaired) electrons. The molecule has 0 amide bonds. The molecule has 0 saturated heterocycles. The highest BCUT2D eigenvalue weighted by atomic mass is 32.2. The van der Waals surface area contributed by atoms with Gasteiger partial charge in [-0.3, -0.25) is 0 Å². The van der Waals surface area contributed by atoms with E-state index in [1.165, 1.54) is 19.1 Å². The van der Waals surface area contributed by atoms with Crippen LogP contribution in [-0.2, 0) is 19.0 Å². The van der Waals surface area contributed by atoms with Gasteiger partial charge in [0, 0.05) is 11.5 Å². The molecule has 0 aromatic heterocycles. The van der Waals surface area contributed by atoms with Gasteiger partial charge in [0.05, 0.1) is 11.5 Å². The van der Waals surface area contributed by atoms with E-state index in [2.05, 4.69) is 10.0 Å². The third kappa shape index (κ3) is 5.27. The van der Waals surface area contributed by atoms with Gasteiger partial charge in [0.1, 0.15) is 0 Å². The van der Waals surface area contributed by atoms with E-state index in [-0.39, 0.29) is 18.0 Å². The summed E-state index contributed by atoms with van der Waals surface area (Å²) >= 11 is 0. The Morgan fingerprint density at radius 3 is 2.58 bits per heavy atom. The third-order valence-corrected chi connectivity index (χ3v) is 3.55. The van der Waals surface area contributed by atoms with Crippen LogP contribution in [0.2, 0.25) is 0 Å². The molecule has 104 valence electrons. The number of hydrogen-bond acceptors (Lipinski definition) is 5. The van der Waals surface area contributed by atoms with Crippen LogP contribution in [-0.4, -0.2) is 27.9 Å². The molecule has 0 aliphatic rings. The summed E-state index contributed by atoms with van der Waals surface area (Å²) in [5, 5.41) is 3.26. The highest BCUT2D eigenvalue weighted by Crippen LogP contribution is 2.15. The lowest BCUT2D eigenvalue weighted by atomic mass is 10.2. The Kier molecular flexibility index (Phi) is 5.78. The minimum atomic E-state index is -3.85. The summed E-state index contributed by atoms with van der Waals surface area (Å²) < 4.78 is 33.6. The molecular formula is C11H15N3O4S. The highest BCUT2D eigenvalue weighted by Gasteiger charge is 2.19. The highest BCUT2D eigenvalue weighted by molar-refractivity contribution is 7.86. The summed E-state index contributed by atoms with van der Waals surface area (Å²) in [6.45, 7) is 3.53. The number of rotatable bonds is 7. The van der Waals surface area contributed by atoms with Gasteiger partial charge in [0.25, 0.3) is 10.1 Å². The second-order valence-electron chi connectivity index (χ2n) is 3.76. The van der Waals surface area contributed by atoms with Crippen molar-refractivity contribution in [3.8, 4) is 0 Å². The first-order valence-corrected chi connectivity index (χ1v) is 6.99. The van der Waals surface area contributed by atoms with Crippen molar-refractivity contribution < 1.29 is 17.3 Å². The zero-order chi connectivity index (χ0) is 14.3. The molecule has 7 nitrogen and oxygen atoms in total. The molecule has 0 heterocycles. The van der Waals surface area contributed by atoms with E-state index in [4.69, 9.17) is 14.5 Å². The number of aryl methyl sites for hydroxylation is 1. The van der Waals surface area contributed by atoms with Gasteiger partial charge < -0.3 is 4.74 Å². The summed E-state index contributed by atoms with van der Waals surface area (Å²) in [4.78, 5) is 2.62. The predicted molar refractivity (Wildman–Crippen MR) is 68.9 cm³/mol. The Morgan fingerprint density at radius 2 is 2.00 bits per heavy atom. The smallest absolute Gasteiger partial charge is 0.299 e. The van der Waals surface area contributed by atoms with Crippen molar-refractivity contribution in [3.05, 3.63) is 40.3 Å². The van der Waals surface area contributed by atoms with E-state index >= 15 is 0 Å². The van der Waals surface area contributed by atoms with Crippen molar-refractivity contribution in [2.75, 3.05) is 13.2 Å². The Labute approximate surface area is 111 Å². The fraction of sp³-hybridized carbons (Fsp3) is 0.455. The van der Waals surface area contributed by atoms with Gasteiger partial charge in [-0.1, -0.05) is 22.8 Å². The van der Waals surface area contributed by atoms with Gasteiger partial charge in [0.2, 0.25) is 0 Å². The Morgan fingerprint density at radius 1 is 1.37 bits per heavy atom. The molecule has 0 aliphatic heterocycles. The minimum absolute atomic E-state index is 0.0728. The molecule has 0 bridgehead atoms. The molecule has 1 atom stereocenters. The maximum atomic E-state index is 11.9. The summed E-state index contributed by atoms with van der Waals surface area (Å²) in [5.41, 5.74) is 9.02. The molecule has 0 N–H and O–H groups in total. The van der Waals surface area contributed by atoms with Crippen molar-refractivity contribution >= 4 is 10.1 Å². The first kappa shape index (κ1) is 15.5. The van der Waals surface area contributed by atoms with E-state index in [9.17, 15) is 8.42 Å². The zero-order valence-corrected chi connectivity index (χ0v) is 11.5. The monoisotopic (exact) mass is 285 g/mol. The SMILES string of the molecule is Cc1ccc(S(=O)(=O)OC(C)OCCN=[N+]=[N-])cc1. The summed E-state index contributed by atoms with van der Waals surface area (Å²) in [6, 6.07) is 6.31. The van der Waals surface area contributed by atoms with Crippen LogP contribution in [0.25, 0.3) is 10.4 Å². The van der Waals surface area contributed by atoms with Crippen LogP contribution in [0.15, 0.2) is 34.3 Å². The second-order valence-corrected chi connectivity index (χ2v) is 5.33. The number of nitrogens with zero attached hydrogens (tertiary/aromatic N) is 3. The summed E-state index contributed by atoms with van der Waals surface area (Å²) in [6.07, 6.45) is -0.944. The largest absolute Gasteiger partial charge is 0.352 e. The maximum absolute atomic E-state index is 11.9. The summed E-state index contributed by atoms with van der Waals surface area (Å²) in [7, 11) is -3.85. The average Bonchev–Trinajstić information content (AvgIpc) is 2.34. The van der Waals surface area contributed by atoms with Crippen LogP contribution in [0.5, 0.6) is 0 Å². The van der Waals surface area contributed by atoms with Gasteiger partial charge >= 0.3 is 0 Å². The van der Waals surface area contributed by atoms with Crippen molar-refractivity contribution in [2.24, 2.45) is 5.11 Å². The first-order valence-electron chi connectivity index (χ1n) is 5.58. The van der Waals surface area contributed by atoms with Crippen LogP contribution in [0, 0.1) is 6.92 Å². The molecular weight excluding hydrogens is 270 g/mol. The van der Waals surface area contributed by atoms with Gasteiger partial charge in [-0.25, -0.2) is 4.18 Å². The topological polar surface area (TPSA) is 101 Å². The van der Waals surface area contributed by atoms with Crippen molar-refractivity contribution in [2.45, 2.75) is 25.0 Å². The van der Waals surface area contributed by atoms with Gasteiger partial charge in [-0.15, -0.1) is 0 Å². The number of hydrogen-bond donors (Lipinski definition) is 0. The molecule has 1 aromatic carbocycles. The second kappa shape index (κ2) is 7.10. The van der Waals surface area contributed by atoms with E-state index in [0.717, 1.165) is 5.56 Å². The van der Waals surface area contributed by atoms with Crippen LogP contribution >= 0.6 is 0 Å². The Bertz CT molecular complexity index is 550. The zero-order valence-electron chi connectivity index (χ0n) is 10.7. The molecule has 0 aliphatic carbocycles.